The number of rotatable bonds is 6. The molecule has 1 heterocycles. The van der Waals surface area contributed by atoms with Crippen LogP contribution in [0, 0.1) is 0 Å². The van der Waals surface area contributed by atoms with E-state index in [1.165, 1.54) is 19.3 Å². The van der Waals surface area contributed by atoms with E-state index in [4.69, 9.17) is 16.3 Å². The molecule has 1 saturated carbocycles. The topological polar surface area (TPSA) is 48.9 Å². The van der Waals surface area contributed by atoms with Crippen molar-refractivity contribution in [3.8, 4) is 0 Å². The maximum atomic E-state index is 6.09. The number of benzene rings is 1. The Balaban J connectivity index is 0.00000243. The molecule has 3 unspecified atom stereocenters. The molecular weight excluding hydrogens is 463 g/mol. The smallest absolute Gasteiger partial charge is 0.191 e. The molecule has 0 radical (unpaired) electrons. The number of methoxy groups -OCH3 is 1. The van der Waals surface area contributed by atoms with Crippen LogP contribution in [0.15, 0.2) is 29.3 Å². The van der Waals surface area contributed by atoms with Gasteiger partial charge in [0.25, 0.3) is 0 Å². The van der Waals surface area contributed by atoms with E-state index in [9.17, 15) is 0 Å². The average Bonchev–Trinajstić information content (AvgIpc) is 3.38. The quantitative estimate of drug-likeness (QED) is 0.363. The van der Waals surface area contributed by atoms with Crippen LogP contribution >= 0.6 is 35.6 Å². The molecule has 146 valence electrons. The molecule has 1 aromatic carbocycles. The molecule has 26 heavy (non-hydrogen) atoms. The highest BCUT2D eigenvalue weighted by molar-refractivity contribution is 14.0. The lowest BCUT2D eigenvalue weighted by molar-refractivity contribution is 0.106. The van der Waals surface area contributed by atoms with Crippen molar-refractivity contribution < 1.29 is 4.74 Å². The average molecular weight is 493 g/mol. The van der Waals surface area contributed by atoms with Gasteiger partial charge in [-0.1, -0.05) is 23.7 Å². The van der Waals surface area contributed by atoms with Gasteiger partial charge in [0.05, 0.1) is 6.10 Å². The molecule has 1 saturated heterocycles. The third kappa shape index (κ3) is 5.71. The lowest BCUT2D eigenvalue weighted by Crippen LogP contribution is -2.45. The van der Waals surface area contributed by atoms with Gasteiger partial charge in [-0.25, -0.2) is 0 Å². The number of hydrogen-bond donors (Lipinski definition) is 2. The molecular formula is C19H30ClIN4O. The van der Waals surface area contributed by atoms with Crippen LogP contribution in [-0.2, 0) is 4.74 Å². The van der Waals surface area contributed by atoms with Crippen molar-refractivity contribution in [3.05, 3.63) is 34.9 Å². The van der Waals surface area contributed by atoms with Crippen LogP contribution in [0.2, 0.25) is 5.02 Å². The summed E-state index contributed by atoms with van der Waals surface area (Å²) in [4.78, 5) is 7.01. The lowest BCUT2D eigenvalue weighted by atomic mass is 10.1. The second-order valence-electron chi connectivity index (χ2n) is 7.09. The summed E-state index contributed by atoms with van der Waals surface area (Å²) in [5.74, 6) is 0.832. The molecule has 5 nitrogen and oxygen atoms in total. The van der Waals surface area contributed by atoms with E-state index >= 15 is 0 Å². The summed E-state index contributed by atoms with van der Waals surface area (Å²) < 4.78 is 5.62. The normalized spacial score (nSPS) is 24.8. The first-order valence-electron chi connectivity index (χ1n) is 9.12. The summed E-state index contributed by atoms with van der Waals surface area (Å²) in [7, 11) is 3.53. The van der Waals surface area contributed by atoms with E-state index < -0.39 is 0 Å². The molecule has 3 atom stereocenters. The highest BCUT2D eigenvalue weighted by Gasteiger charge is 2.38. The van der Waals surface area contributed by atoms with Crippen molar-refractivity contribution in [3.63, 3.8) is 0 Å². The highest BCUT2D eigenvalue weighted by Crippen LogP contribution is 2.33. The number of nitrogens with one attached hydrogen (secondary N) is 2. The molecule has 0 spiro atoms. The molecule has 1 aliphatic heterocycles. The van der Waals surface area contributed by atoms with Crippen LogP contribution in [-0.4, -0.2) is 56.2 Å². The second-order valence-corrected chi connectivity index (χ2v) is 7.52. The Morgan fingerprint density at radius 3 is 2.81 bits per heavy atom. The molecule has 7 heteroatoms. The molecule has 0 aromatic heterocycles. The van der Waals surface area contributed by atoms with Crippen LogP contribution in [0.1, 0.15) is 37.9 Å². The molecule has 1 aliphatic carbocycles. The van der Waals surface area contributed by atoms with Gasteiger partial charge in [0.2, 0.25) is 0 Å². The Morgan fingerprint density at radius 1 is 1.42 bits per heavy atom. The minimum Gasteiger partial charge on any atom is -0.375 e. The lowest BCUT2D eigenvalue weighted by Gasteiger charge is -2.22. The largest absolute Gasteiger partial charge is 0.375 e. The summed E-state index contributed by atoms with van der Waals surface area (Å²) in [6, 6.07) is 9.72. The summed E-state index contributed by atoms with van der Waals surface area (Å²) in [5.41, 5.74) is 1.06. The fourth-order valence-electron chi connectivity index (χ4n) is 3.70. The zero-order chi connectivity index (χ0) is 17.8. The maximum Gasteiger partial charge on any atom is 0.191 e. The summed E-state index contributed by atoms with van der Waals surface area (Å²) >= 11 is 6.09. The number of nitrogens with zero attached hydrogens (tertiary/aromatic N) is 2. The first-order valence-corrected chi connectivity index (χ1v) is 9.49. The van der Waals surface area contributed by atoms with Gasteiger partial charge >= 0.3 is 0 Å². The Kier molecular flexibility index (Phi) is 8.44. The molecule has 0 amide bonds. The van der Waals surface area contributed by atoms with Crippen molar-refractivity contribution >= 4 is 41.5 Å². The monoisotopic (exact) mass is 492 g/mol. The van der Waals surface area contributed by atoms with Crippen LogP contribution in [0.3, 0.4) is 0 Å². The van der Waals surface area contributed by atoms with Crippen LogP contribution in [0.5, 0.6) is 0 Å². The van der Waals surface area contributed by atoms with Crippen molar-refractivity contribution in [2.75, 3.05) is 27.2 Å². The highest BCUT2D eigenvalue weighted by atomic mass is 127. The van der Waals surface area contributed by atoms with Crippen molar-refractivity contribution in [1.29, 1.82) is 0 Å². The summed E-state index contributed by atoms with van der Waals surface area (Å²) in [5, 5.41) is 7.68. The summed E-state index contributed by atoms with van der Waals surface area (Å²) in [6.45, 7) is 4.08. The van der Waals surface area contributed by atoms with Gasteiger partial charge < -0.3 is 15.4 Å². The van der Waals surface area contributed by atoms with Crippen LogP contribution < -0.4 is 10.6 Å². The molecule has 0 bridgehead atoms. The minimum absolute atomic E-state index is 0. The zero-order valence-electron chi connectivity index (χ0n) is 15.7. The van der Waals surface area contributed by atoms with Gasteiger partial charge in [-0.3, -0.25) is 9.89 Å². The standard InChI is InChI=1S/C19H29ClN4O.HI/c1-13-9-16(12-24(13)17-7-8-17)23-19(21-2)22-11-18(25-3)14-5-4-6-15(20)10-14;/h4-6,10,13,16-18H,7-9,11-12H2,1-3H3,(H2,21,22,23);1H. The van der Waals surface area contributed by atoms with Gasteiger partial charge in [0, 0.05) is 50.4 Å². The maximum absolute atomic E-state index is 6.09. The molecule has 2 fully saturated rings. The molecule has 3 rings (SSSR count). The van der Waals surface area contributed by atoms with E-state index in [0.29, 0.717) is 18.6 Å². The third-order valence-corrected chi connectivity index (χ3v) is 5.40. The Labute approximate surface area is 178 Å². The van der Waals surface area contributed by atoms with Crippen molar-refractivity contribution in [2.45, 2.75) is 50.4 Å². The third-order valence-electron chi connectivity index (χ3n) is 5.16. The first-order chi connectivity index (χ1) is 12.1. The van der Waals surface area contributed by atoms with Gasteiger partial charge in [-0.05, 0) is 43.9 Å². The number of aliphatic imine (C=N–C) groups is 1. The van der Waals surface area contributed by atoms with Crippen molar-refractivity contribution in [1.82, 2.24) is 15.5 Å². The van der Waals surface area contributed by atoms with Gasteiger partial charge in [-0.2, -0.15) is 0 Å². The van der Waals surface area contributed by atoms with Gasteiger partial charge in [0.1, 0.15) is 0 Å². The fourth-order valence-corrected chi connectivity index (χ4v) is 3.90. The Bertz CT molecular complexity index is 611. The van der Waals surface area contributed by atoms with E-state index in [-0.39, 0.29) is 30.1 Å². The van der Waals surface area contributed by atoms with Gasteiger partial charge in [-0.15, -0.1) is 24.0 Å². The number of halogens is 2. The van der Waals surface area contributed by atoms with E-state index in [0.717, 1.165) is 29.1 Å². The Morgan fingerprint density at radius 2 is 2.19 bits per heavy atom. The van der Waals surface area contributed by atoms with Crippen LogP contribution in [0.4, 0.5) is 0 Å². The minimum atomic E-state index is -0.0669. The number of likely N-dealkylation sites (tertiary alicyclic amines) is 1. The molecule has 2 N–H and O–H groups in total. The number of hydrogen-bond acceptors (Lipinski definition) is 3. The fraction of sp³-hybridized carbons (Fsp3) is 0.632. The van der Waals surface area contributed by atoms with E-state index in [2.05, 4.69) is 27.4 Å². The molecule has 2 aliphatic rings. The van der Waals surface area contributed by atoms with Crippen LogP contribution in [0.25, 0.3) is 0 Å². The predicted octanol–water partition coefficient (Wildman–Crippen LogP) is 3.44. The SMILES string of the molecule is CN=C(NCC(OC)c1cccc(Cl)c1)NC1CC(C)N(C2CC2)C1.I. The van der Waals surface area contributed by atoms with E-state index in [1.807, 2.05) is 31.3 Å². The molecule has 1 aromatic rings. The number of ether oxygens (including phenoxy) is 1. The summed E-state index contributed by atoms with van der Waals surface area (Å²) in [6.07, 6.45) is 3.82. The second kappa shape index (κ2) is 10.1. The van der Waals surface area contributed by atoms with E-state index in [1.54, 1.807) is 7.11 Å². The van der Waals surface area contributed by atoms with Crippen molar-refractivity contribution in [2.24, 2.45) is 4.99 Å². The van der Waals surface area contributed by atoms with Gasteiger partial charge in [0.15, 0.2) is 5.96 Å². The predicted molar refractivity (Wildman–Crippen MR) is 119 cm³/mol. The zero-order valence-corrected chi connectivity index (χ0v) is 18.8. The Hall–Kier alpha value is -0.570. The number of guanidine groups is 1. The first kappa shape index (κ1) is 21.7.